The van der Waals surface area contributed by atoms with Crippen molar-refractivity contribution in [1.29, 1.82) is 0 Å². The monoisotopic (exact) mass is 380 g/mol. The highest BCUT2D eigenvalue weighted by Gasteiger charge is 2.16. The molecule has 1 aliphatic rings. The molecule has 0 bridgehead atoms. The Hall–Kier alpha value is -3.12. The van der Waals surface area contributed by atoms with Gasteiger partial charge in [0.2, 0.25) is 0 Å². The van der Waals surface area contributed by atoms with Crippen molar-refractivity contribution in [2.45, 2.75) is 18.9 Å². The van der Waals surface area contributed by atoms with Crippen LogP contribution in [0.3, 0.4) is 0 Å². The van der Waals surface area contributed by atoms with Crippen LogP contribution in [-0.2, 0) is 4.74 Å². The minimum atomic E-state index is -0.297. The van der Waals surface area contributed by atoms with Gasteiger partial charge in [0, 0.05) is 18.7 Å². The number of rotatable bonds is 8. The zero-order valence-corrected chi connectivity index (χ0v) is 15.6. The SMILES string of the molecule is C=CCNC(=O)c1ccccc1NC(=O)c1ccc(OC[C@@H]2CCCO2)cc1. The van der Waals surface area contributed by atoms with Crippen LogP contribution >= 0.6 is 0 Å². The minimum Gasteiger partial charge on any atom is -0.491 e. The average Bonchev–Trinajstić information content (AvgIpc) is 3.25. The summed E-state index contributed by atoms with van der Waals surface area (Å²) in [6, 6.07) is 13.8. The second-order valence-corrected chi connectivity index (χ2v) is 6.47. The highest BCUT2D eigenvalue weighted by Crippen LogP contribution is 2.19. The maximum Gasteiger partial charge on any atom is 0.255 e. The fourth-order valence-electron chi connectivity index (χ4n) is 2.91. The van der Waals surface area contributed by atoms with Crippen molar-refractivity contribution in [3.8, 4) is 5.75 Å². The van der Waals surface area contributed by atoms with Gasteiger partial charge in [-0.25, -0.2) is 0 Å². The number of ether oxygens (including phenoxy) is 2. The van der Waals surface area contributed by atoms with E-state index in [1.54, 1.807) is 54.6 Å². The van der Waals surface area contributed by atoms with Gasteiger partial charge in [0.05, 0.1) is 17.4 Å². The number of carbonyl (C=O) groups is 2. The zero-order valence-electron chi connectivity index (χ0n) is 15.6. The summed E-state index contributed by atoms with van der Waals surface area (Å²) in [5, 5.41) is 5.51. The lowest BCUT2D eigenvalue weighted by molar-refractivity contribution is 0.0679. The van der Waals surface area contributed by atoms with Crippen molar-refractivity contribution < 1.29 is 19.1 Å². The zero-order chi connectivity index (χ0) is 19.8. The Kier molecular flexibility index (Phi) is 6.81. The summed E-state index contributed by atoms with van der Waals surface area (Å²) in [5.74, 6) is 0.125. The smallest absolute Gasteiger partial charge is 0.255 e. The summed E-state index contributed by atoms with van der Waals surface area (Å²) in [7, 11) is 0. The van der Waals surface area contributed by atoms with Crippen molar-refractivity contribution >= 4 is 17.5 Å². The molecule has 2 N–H and O–H groups in total. The van der Waals surface area contributed by atoms with Gasteiger partial charge in [-0.2, -0.15) is 0 Å². The first-order valence-electron chi connectivity index (χ1n) is 9.31. The summed E-state index contributed by atoms with van der Waals surface area (Å²) < 4.78 is 11.2. The summed E-state index contributed by atoms with van der Waals surface area (Å²) in [6.07, 6.45) is 3.83. The standard InChI is InChI=1S/C22H24N2O4/c1-2-13-23-22(26)19-7-3-4-8-20(19)24-21(25)16-9-11-17(12-10-16)28-15-18-6-5-14-27-18/h2-4,7-12,18H,1,5-6,13-15H2,(H,23,26)(H,24,25)/t18-/m0/s1. The Labute approximate surface area is 164 Å². The van der Waals surface area contributed by atoms with Crippen LogP contribution in [-0.4, -0.2) is 37.7 Å². The van der Waals surface area contributed by atoms with Crippen LogP contribution in [0.4, 0.5) is 5.69 Å². The molecular formula is C22H24N2O4. The van der Waals surface area contributed by atoms with E-state index in [1.807, 2.05) is 0 Å². The van der Waals surface area contributed by atoms with Crippen LogP contribution in [0.1, 0.15) is 33.6 Å². The minimum absolute atomic E-state index is 0.145. The van der Waals surface area contributed by atoms with Gasteiger partial charge in [0.25, 0.3) is 11.8 Å². The normalized spacial score (nSPS) is 15.6. The number of anilines is 1. The van der Waals surface area contributed by atoms with Gasteiger partial charge in [-0.1, -0.05) is 18.2 Å². The lowest BCUT2D eigenvalue weighted by atomic mass is 10.1. The Balaban J connectivity index is 1.61. The van der Waals surface area contributed by atoms with E-state index in [9.17, 15) is 9.59 Å². The van der Waals surface area contributed by atoms with Crippen LogP contribution in [0.15, 0.2) is 61.2 Å². The molecule has 0 unspecified atom stereocenters. The number of hydrogen-bond acceptors (Lipinski definition) is 4. The third kappa shape index (κ3) is 5.20. The van der Waals surface area contributed by atoms with Crippen LogP contribution in [0.2, 0.25) is 0 Å². The number of nitrogens with one attached hydrogen (secondary N) is 2. The molecule has 0 aliphatic carbocycles. The fourth-order valence-corrected chi connectivity index (χ4v) is 2.91. The lowest BCUT2D eigenvalue weighted by Gasteiger charge is -2.13. The number of para-hydroxylation sites is 1. The summed E-state index contributed by atoms with van der Waals surface area (Å²) in [4.78, 5) is 24.8. The predicted molar refractivity (Wildman–Crippen MR) is 108 cm³/mol. The quantitative estimate of drug-likeness (QED) is 0.688. The Morgan fingerprint density at radius 3 is 2.64 bits per heavy atom. The van der Waals surface area contributed by atoms with Gasteiger partial charge in [0.1, 0.15) is 12.4 Å². The highest BCUT2D eigenvalue weighted by molar-refractivity contribution is 6.09. The second-order valence-electron chi connectivity index (χ2n) is 6.47. The molecular weight excluding hydrogens is 356 g/mol. The molecule has 6 heteroatoms. The maximum atomic E-state index is 12.6. The van der Waals surface area contributed by atoms with Gasteiger partial charge in [-0.3, -0.25) is 9.59 Å². The molecule has 0 spiro atoms. The van der Waals surface area contributed by atoms with Crippen molar-refractivity contribution in [2.75, 3.05) is 25.1 Å². The molecule has 0 aromatic heterocycles. The van der Waals surface area contributed by atoms with E-state index in [0.29, 0.717) is 35.7 Å². The van der Waals surface area contributed by atoms with Gasteiger partial charge in [0.15, 0.2) is 0 Å². The van der Waals surface area contributed by atoms with Crippen molar-refractivity contribution in [3.63, 3.8) is 0 Å². The molecule has 1 aliphatic heterocycles. The Morgan fingerprint density at radius 2 is 1.93 bits per heavy atom. The maximum absolute atomic E-state index is 12.6. The van der Waals surface area contributed by atoms with E-state index in [2.05, 4.69) is 17.2 Å². The first-order valence-corrected chi connectivity index (χ1v) is 9.31. The molecule has 0 saturated carbocycles. The topological polar surface area (TPSA) is 76.7 Å². The van der Waals surface area contributed by atoms with Gasteiger partial charge in [-0.15, -0.1) is 6.58 Å². The molecule has 1 saturated heterocycles. The molecule has 0 radical (unpaired) electrons. The molecule has 1 atom stereocenters. The van der Waals surface area contributed by atoms with Crippen molar-refractivity contribution in [1.82, 2.24) is 5.32 Å². The molecule has 6 nitrogen and oxygen atoms in total. The highest BCUT2D eigenvalue weighted by atomic mass is 16.5. The van der Waals surface area contributed by atoms with Crippen LogP contribution in [0, 0.1) is 0 Å². The molecule has 1 heterocycles. The molecule has 28 heavy (non-hydrogen) atoms. The first-order chi connectivity index (χ1) is 13.7. The van der Waals surface area contributed by atoms with E-state index in [0.717, 1.165) is 19.4 Å². The number of hydrogen-bond donors (Lipinski definition) is 2. The van der Waals surface area contributed by atoms with Gasteiger partial charge >= 0.3 is 0 Å². The molecule has 146 valence electrons. The molecule has 3 rings (SSSR count). The summed E-state index contributed by atoms with van der Waals surface area (Å²) in [6.45, 7) is 5.24. The number of benzene rings is 2. The van der Waals surface area contributed by atoms with E-state index in [4.69, 9.17) is 9.47 Å². The van der Waals surface area contributed by atoms with E-state index >= 15 is 0 Å². The Morgan fingerprint density at radius 1 is 1.14 bits per heavy atom. The summed E-state index contributed by atoms with van der Waals surface area (Å²) >= 11 is 0. The predicted octanol–water partition coefficient (Wildman–Crippen LogP) is 3.41. The van der Waals surface area contributed by atoms with Gasteiger partial charge < -0.3 is 20.1 Å². The average molecular weight is 380 g/mol. The van der Waals surface area contributed by atoms with Crippen LogP contribution in [0.25, 0.3) is 0 Å². The van der Waals surface area contributed by atoms with Crippen molar-refractivity contribution in [3.05, 3.63) is 72.3 Å². The van der Waals surface area contributed by atoms with Crippen LogP contribution < -0.4 is 15.4 Å². The van der Waals surface area contributed by atoms with Gasteiger partial charge in [-0.05, 0) is 49.2 Å². The first kappa shape index (κ1) is 19.6. The third-order valence-electron chi connectivity index (χ3n) is 4.40. The van der Waals surface area contributed by atoms with E-state index in [1.165, 1.54) is 0 Å². The molecule has 2 aromatic rings. The lowest BCUT2D eigenvalue weighted by Crippen LogP contribution is -2.25. The third-order valence-corrected chi connectivity index (χ3v) is 4.40. The largest absolute Gasteiger partial charge is 0.491 e. The molecule has 2 aromatic carbocycles. The van der Waals surface area contributed by atoms with Crippen molar-refractivity contribution in [2.24, 2.45) is 0 Å². The molecule has 1 fully saturated rings. The second kappa shape index (κ2) is 9.71. The van der Waals surface area contributed by atoms with E-state index < -0.39 is 0 Å². The molecule has 2 amide bonds. The number of carbonyl (C=O) groups excluding carboxylic acids is 2. The number of amides is 2. The Bertz CT molecular complexity index is 827. The van der Waals surface area contributed by atoms with E-state index in [-0.39, 0.29) is 17.9 Å². The van der Waals surface area contributed by atoms with Crippen LogP contribution in [0.5, 0.6) is 5.75 Å². The summed E-state index contributed by atoms with van der Waals surface area (Å²) in [5.41, 5.74) is 1.33. The fraction of sp³-hybridized carbons (Fsp3) is 0.273.